The highest BCUT2D eigenvalue weighted by atomic mass is 32.1. The SMILES string of the molecule is CCOc1ccccc1C(=O)NCCCC(=O)NC1(c2nc(C)cs2)CCCC1. The largest absolute Gasteiger partial charge is 0.493 e. The Hall–Kier alpha value is -2.41. The van der Waals surface area contributed by atoms with E-state index in [0.29, 0.717) is 37.3 Å². The van der Waals surface area contributed by atoms with E-state index in [1.165, 1.54) is 0 Å². The summed E-state index contributed by atoms with van der Waals surface area (Å²) in [5, 5.41) is 9.18. The van der Waals surface area contributed by atoms with Crippen molar-refractivity contribution in [3.63, 3.8) is 0 Å². The van der Waals surface area contributed by atoms with Crippen LogP contribution in [0.15, 0.2) is 29.6 Å². The molecule has 0 bridgehead atoms. The molecule has 0 atom stereocenters. The molecule has 2 amide bonds. The molecule has 1 aliphatic rings. The molecule has 1 fully saturated rings. The molecule has 2 N–H and O–H groups in total. The van der Waals surface area contributed by atoms with Crippen molar-refractivity contribution in [1.82, 2.24) is 15.6 Å². The van der Waals surface area contributed by atoms with Gasteiger partial charge in [-0.3, -0.25) is 9.59 Å². The number of benzene rings is 1. The predicted octanol–water partition coefficient (Wildman–Crippen LogP) is 3.95. The van der Waals surface area contributed by atoms with Gasteiger partial charge in [-0.15, -0.1) is 11.3 Å². The van der Waals surface area contributed by atoms with Gasteiger partial charge in [-0.05, 0) is 45.2 Å². The molecule has 6 nitrogen and oxygen atoms in total. The zero-order chi connectivity index (χ0) is 20.7. The molecule has 156 valence electrons. The Kier molecular flexibility index (Phi) is 7.25. The van der Waals surface area contributed by atoms with Crippen molar-refractivity contribution in [3.8, 4) is 5.75 Å². The third kappa shape index (κ3) is 5.35. The normalized spacial score (nSPS) is 15.1. The third-order valence-electron chi connectivity index (χ3n) is 5.16. The topological polar surface area (TPSA) is 80.3 Å². The summed E-state index contributed by atoms with van der Waals surface area (Å²) in [6.07, 6.45) is 5.05. The van der Waals surface area contributed by atoms with E-state index in [9.17, 15) is 9.59 Å². The zero-order valence-electron chi connectivity index (χ0n) is 17.1. The fraction of sp³-hybridized carbons (Fsp3) is 0.500. The number of carbonyl (C=O) groups excluding carboxylic acids is 2. The highest BCUT2D eigenvalue weighted by Crippen LogP contribution is 2.40. The van der Waals surface area contributed by atoms with Gasteiger partial charge in [0.1, 0.15) is 10.8 Å². The number of nitrogens with one attached hydrogen (secondary N) is 2. The van der Waals surface area contributed by atoms with Gasteiger partial charge in [0.2, 0.25) is 5.91 Å². The van der Waals surface area contributed by atoms with Crippen LogP contribution >= 0.6 is 11.3 Å². The summed E-state index contributed by atoms with van der Waals surface area (Å²) in [5.41, 5.74) is 1.21. The fourth-order valence-corrected chi connectivity index (χ4v) is 4.77. The number of para-hydroxylation sites is 1. The lowest BCUT2D eigenvalue weighted by atomic mass is 9.98. The second-order valence-electron chi connectivity index (χ2n) is 7.42. The summed E-state index contributed by atoms with van der Waals surface area (Å²) in [6, 6.07) is 7.18. The van der Waals surface area contributed by atoms with Crippen LogP contribution in [-0.4, -0.2) is 29.9 Å². The molecule has 0 unspecified atom stereocenters. The Morgan fingerprint density at radius 2 is 2.00 bits per heavy atom. The lowest BCUT2D eigenvalue weighted by Gasteiger charge is -2.28. The van der Waals surface area contributed by atoms with E-state index >= 15 is 0 Å². The minimum atomic E-state index is -0.310. The highest BCUT2D eigenvalue weighted by Gasteiger charge is 2.39. The van der Waals surface area contributed by atoms with Gasteiger partial charge in [-0.2, -0.15) is 0 Å². The monoisotopic (exact) mass is 415 g/mol. The van der Waals surface area contributed by atoms with Gasteiger partial charge in [0, 0.05) is 24.0 Å². The molecule has 0 spiro atoms. The maximum absolute atomic E-state index is 12.6. The molecule has 1 saturated carbocycles. The second-order valence-corrected chi connectivity index (χ2v) is 8.28. The van der Waals surface area contributed by atoms with Crippen molar-refractivity contribution in [2.75, 3.05) is 13.2 Å². The van der Waals surface area contributed by atoms with Crippen LogP contribution in [0, 0.1) is 6.92 Å². The van der Waals surface area contributed by atoms with Crippen molar-refractivity contribution >= 4 is 23.2 Å². The molecule has 0 saturated heterocycles. The fourth-order valence-electron chi connectivity index (χ4n) is 3.76. The third-order valence-corrected chi connectivity index (χ3v) is 6.33. The summed E-state index contributed by atoms with van der Waals surface area (Å²) >= 11 is 1.63. The van der Waals surface area contributed by atoms with E-state index in [1.807, 2.05) is 31.4 Å². The molecule has 0 radical (unpaired) electrons. The van der Waals surface area contributed by atoms with Crippen molar-refractivity contribution < 1.29 is 14.3 Å². The Morgan fingerprint density at radius 1 is 1.24 bits per heavy atom. The van der Waals surface area contributed by atoms with E-state index < -0.39 is 0 Å². The van der Waals surface area contributed by atoms with Gasteiger partial charge < -0.3 is 15.4 Å². The van der Waals surface area contributed by atoms with Crippen LogP contribution in [0.2, 0.25) is 0 Å². The van der Waals surface area contributed by atoms with Gasteiger partial charge in [0.05, 0.1) is 17.7 Å². The molecular formula is C22H29N3O3S. The number of thiazole rings is 1. The average Bonchev–Trinajstić information content (AvgIpc) is 3.36. The summed E-state index contributed by atoms with van der Waals surface area (Å²) < 4.78 is 5.50. The Balaban J connectivity index is 1.48. The number of ether oxygens (including phenoxy) is 1. The predicted molar refractivity (Wildman–Crippen MR) is 114 cm³/mol. The standard InChI is InChI=1S/C22H29N3O3S/c1-3-28-18-10-5-4-9-17(18)20(27)23-14-8-11-19(26)25-22(12-6-7-13-22)21-24-16(2)15-29-21/h4-5,9-10,15H,3,6-8,11-14H2,1-2H3,(H,23,27)(H,25,26). The number of nitrogens with zero attached hydrogens (tertiary/aromatic N) is 1. The van der Waals surface area contributed by atoms with Crippen LogP contribution in [0.4, 0.5) is 0 Å². The minimum Gasteiger partial charge on any atom is -0.493 e. The number of carbonyl (C=O) groups is 2. The molecular weight excluding hydrogens is 386 g/mol. The van der Waals surface area contributed by atoms with Crippen molar-refractivity contribution in [2.45, 2.75) is 57.9 Å². The van der Waals surface area contributed by atoms with Crippen LogP contribution in [0.3, 0.4) is 0 Å². The molecule has 2 aromatic rings. The maximum Gasteiger partial charge on any atom is 0.255 e. The lowest BCUT2D eigenvalue weighted by molar-refractivity contribution is -0.123. The van der Waals surface area contributed by atoms with Gasteiger partial charge in [-0.1, -0.05) is 25.0 Å². The van der Waals surface area contributed by atoms with Gasteiger partial charge in [0.25, 0.3) is 5.91 Å². The first-order valence-electron chi connectivity index (χ1n) is 10.3. The van der Waals surface area contributed by atoms with Crippen LogP contribution in [0.1, 0.15) is 66.5 Å². The number of aryl methyl sites for hydroxylation is 1. The first-order valence-corrected chi connectivity index (χ1v) is 11.2. The van der Waals surface area contributed by atoms with Gasteiger partial charge in [0.15, 0.2) is 0 Å². The smallest absolute Gasteiger partial charge is 0.255 e. The van der Waals surface area contributed by atoms with Crippen LogP contribution in [0.25, 0.3) is 0 Å². The van der Waals surface area contributed by atoms with E-state index in [4.69, 9.17) is 4.74 Å². The van der Waals surface area contributed by atoms with Crippen molar-refractivity contribution in [1.29, 1.82) is 0 Å². The number of amides is 2. The molecule has 0 aliphatic heterocycles. The minimum absolute atomic E-state index is 0.0173. The van der Waals surface area contributed by atoms with Gasteiger partial charge >= 0.3 is 0 Å². The molecule has 1 aromatic heterocycles. The summed E-state index contributed by atoms with van der Waals surface area (Å²) in [7, 11) is 0. The Morgan fingerprint density at radius 3 is 2.69 bits per heavy atom. The number of hydrogen-bond donors (Lipinski definition) is 2. The number of aromatic nitrogens is 1. The number of hydrogen-bond acceptors (Lipinski definition) is 5. The van der Waals surface area contributed by atoms with Crippen molar-refractivity contribution in [3.05, 3.63) is 45.9 Å². The Labute approximate surface area is 176 Å². The van der Waals surface area contributed by atoms with Crippen LogP contribution < -0.4 is 15.4 Å². The number of rotatable bonds is 9. The highest BCUT2D eigenvalue weighted by molar-refractivity contribution is 7.09. The Bertz CT molecular complexity index is 843. The van der Waals surface area contributed by atoms with E-state index in [0.717, 1.165) is 36.4 Å². The van der Waals surface area contributed by atoms with E-state index in [-0.39, 0.29) is 17.4 Å². The lowest BCUT2D eigenvalue weighted by Crippen LogP contribution is -2.44. The summed E-state index contributed by atoms with van der Waals surface area (Å²) in [4.78, 5) is 29.6. The quantitative estimate of drug-likeness (QED) is 0.608. The van der Waals surface area contributed by atoms with Crippen LogP contribution in [0.5, 0.6) is 5.75 Å². The molecule has 1 heterocycles. The zero-order valence-corrected chi connectivity index (χ0v) is 17.9. The van der Waals surface area contributed by atoms with E-state index in [1.54, 1.807) is 23.5 Å². The first kappa shape index (κ1) is 21.3. The summed E-state index contributed by atoms with van der Waals surface area (Å²) in [5.74, 6) is 0.413. The molecule has 3 rings (SSSR count). The van der Waals surface area contributed by atoms with Gasteiger partial charge in [-0.25, -0.2) is 4.98 Å². The molecule has 1 aromatic carbocycles. The first-order chi connectivity index (χ1) is 14.0. The molecule has 29 heavy (non-hydrogen) atoms. The van der Waals surface area contributed by atoms with Crippen molar-refractivity contribution in [2.24, 2.45) is 0 Å². The summed E-state index contributed by atoms with van der Waals surface area (Å²) in [6.45, 7) is 4.81. The molecule has 1 aliphatic carbocycles. The second kappa shape index (κ2) is 9.87. The van der Waals surface area contributed by atoms with E-state index in [2.05, 4.69) is 15.6 Å². The maximum atomic E-state index is 12.6. The molecule has 7 heteroatoms. The average molecular weight is 416 g/mol. The van der Waals surface area contributed by atoms with Crippen LogP contribution in [-0.2, 0) is 10.3 Å².